The van der Waals surface area contributed by atoms with Crippen LogP contribution in [0, 0.1) is 0 Å². The first-order chi connectivity index (χ1) is 14.1. The van der Waals surface area contributed by atoms with Crippen molar-refractivity contribution in [2.75, 3.05) is 7.11 Å². The summed E-state index contributed by atoms with van der Waals surface area (Å²) in [6.07, 6.45) is 3.02. The number of benzene rings is 1. The van der Waals surface area contributed by atoms with Crippen LogP contribution in [-0.4, -0.2) is 33.6 Å². The first kappa shape index (κ1) is 20.9. The van der Waals surface area contributed by atoms with E-state index in [2.05, 4.69) is 15.0 Å². The van der Waals surface area contributed by atoms with Crippen LogP contribution in [0.2, 0.25) is 0 Å². The topological polar surface area (TPSA) is 117 Å². The fourth-order valence-electron chi connectivity index (χ4n) is 2.67. The minimum Gasteiger partial charge on any atom is -0.497 e. The number of hydrogen-bond donors (Lipinski definition) is 3. The van der Waals surface area contributed by atoms with Gasteiger partial charge in [-0.2, -0.15) is 0 Å². The van der Waals surface area contributed by atoms with Crippen LogP contribution in [0.5, 0.6) is 5.75 Å². The van der Waals surface area contributed by atoms with Crippen LogP contribution in [-0.2, 0) is 4.74 Å². The van der Waals surface area contributed by atoms with Gasteiger partial charge in [-0.05, 0) is 62.8 Å². The van der Waals surface area contributed by atoms with Crippen molar-refractivity contribution in [3.8, 4) is 5.75 Å². The van der Waals surface area contributed by atoms with Crippen LogP contribution in [0.3, 0.4) is 0 Å². The molecule has 2 aromatic heterocycles. The smallest absolute Gasteiger partial charge is 0.355 e. The van der Waals surface area contributed by atoms with Crippen LogP contribution < -0.4 is 26.6 Å². The predicted octanol–water partition coefficient (Wildman–Crippen LogP) is 1.01. The van der Waals surface area contributed by atoms with E-state index in [1.54, 1.807) is 70.4 Å². The normalized spacial score (nSPS) is 12.8. The molecule has 8 nitrogen and oxygen atoms in total. The number of carbonyl (C=O) groups excluding carboxylic acids is 1. The fourth-order valence-corrected chi connectivity index (χ4v) is 2.67. The Morgan fingerprint density at radius 3 is 2.03 bits per heavy atom. The number of aromatic amines is 3. The highest BCUT2D eigenvalue weighted by Gasteiger charge is 2.18. The van der Waals surface area contributed by atoms with E-state index in [1.807, 2.05) is 0 Å². The van der Waals surface area contributed by atoms with Crippen molar-refractivity contribution >= 4 is 18.1 Å². The number of methoxy groups -OCH3 is 1. The van der Waals surface area contributed by atoms with Crippen molar-refractivity contribution in [1.82, 2.24) is 15.0 Å². The van der Waals surface area contributed by atoms with Crippen LogP contribution in [0.25, 0.3) is 12.2 Å². The van der Waals surface area contributed by atoms with Crippen LogP contribution in [0.4, 0.5) is 0 Å². The standard InChI is InChI=1S/C22H23N3O5/c1-22(2,3)30-21(28)16-10-7-14(23-16)12-18-20(27)24-17(19(26)25-18)11-13-5-8-15(29-4)9-6-13/h5-12,23H,1-4H3,(H,24,27)(H,25,26)/b17-11-,18-12-. The van der Waals surface area contributed by atoms with Gasteiger partial charge >= 0.3 is 5.97 Å². The van der Waals surface area contributed by atoms with Crippen LogP contribution >= 0.6 is 0 Å². The Balaban J connectivity index is 1.93. The molecule has 0 radical (unpaired) electrons. The third-order valence-electron chi connectivity index (χ3n) is 4.04. The lowest BCUT2D eigenvalue weighted by molar-refractivity contribution is 0.00635. The van der Waals surface area contributed by atoms with Crippen molar-refractivity contribution in [3.63, 3.8) is 0 Å². The molecule has 0 aliphatic carbocycles. The van der Waals surface area contributed by atoms with Crippen LogP contribution in [0.1, 0.15) is 42.5 Å². The highest BCUT2D eigenvalue weighted by Crippen LogP contribution is 2.12. The number of hydrogen-bond acceptors (Lipinski definition) is 5. The number of aromatic nitrogens is 3. The molecule has 0 saturated carbocycles. The van der Waals surface area contributed by atoms with Gasteiger partial charge in [0, 0.05) is 5.69 Å². The number of nitrogens with one attached hydrogen (secondary N) is 3. The zero-order chi connectivity index (χ0) is 21.9. The van der Waals surface area contributed by atoms with E-state index in [9.17, 15) is 14.4 Å². The molecule has 0 unspecified atom stereocenters. The molecule has 0 fully saturated rings. The molecule has 3 aromatic rings. The van der Waals surface area contributed by atoms with Gasteiger partial charge in [0.25, 0.3) is 11.1 Å². The third kappa shape index (κ3) is 5.16. The van der Waals surface area contributed by atoms with Crippen molar-refractivity contribution in [1.29, 1.82) is 0 Å². The Labute approximate surface area is 171 Å². The Morgan fingerprint density at radius 1 is 0.867 bits per heavy atom. The lowest BCUT2D eigenvalue weighted by Gasteiger charge is -2.18. The molecule has 0 atom stereocenters. The zero-order valence-corrected chi connectivity index (χ0v) is 17.2. The Morgan fingerprint density at radius 2 is 1.47 bits per heavy atom. The maximum atomic E-state index is 12.4. The van der Waals surface area contributed by atoms with Gasteiger partial charge in [0.05, 0.1) is 7.11 Å². The molecule has 3 N–H and O–H groups in total. The molecule has 156 valence electrons. The zero-order valence-electron chi connectivity index (χ0n) is 17.2. The minimum absolute atomic E-state index is 0.0597. The Kier molecular flexibility index (Phi) is 5.77. The van der Waals surface area contributed by atoms with Gasteiger partial charge in [-0.1, -0.05) is 12.1 Å². The number of rotatable bonds is 4. The van der Waals surface area contributed by atoms with Gasteiger partial charge in [-0.25, -0.2) is 4.79 Å². The molecule has 1 aromatic carbocycles. The second kappa shape index (κ2) is 8.28. The van der Waals surface area contributed by atoms with E-state index in [0.29, 0.717) is 11.4 Å². The third-order valence-corrected chi connectivity index (χ3v) is 4.04. The second-order valence-corrected chi connectivity index (χ2v) is 7.63. The lowest BCUT2D eigenvalue weighted by atomic mass is 10.2. The molecular formula is C22H23N3O5. The van der Waals surface area contributed by atoms with E-state index in [1.165, 1.54) is 6.08 Å². The van der Waals surface area contributed by atoms with Gasteiger partial charge in [0.2, 0.25) is 0 Å². The van der Waals surface area contributed by atoms with E-state index in [-0.39, 0.29) is 16.4 Å². The maximum absolute atomic E-state index is 12.4. The average Bonchev–Trinajstić information content (AvgIpc) is 3.14. The van der Waals surface area contributed by atoms with E-state index >= 15 is 0 Å². The molecule has 8 heteroatoms. The maximum Gasteiger partial charge on any atom is 0.355 e. The summed E-state index contributed by atoms with van der Waals surface area (Å²) in [5.74, 6) is 0.185. The molecule has 2 heterocycles. The Hall–Kier alpha value is -3.81. The summed E-state index contributed by atoms with van der Waals surface area (Å²) in [7, 11) is 1.57. The van der Waals surface area contributed by atoms with Gasteiger partial charge in [-0.15, -0.1) is 0 Å². The quantitative estimate of drug-likeness (QED) is 0.556. The summed E-state index contributed by atoms with van der Waals surface area (Å²) in [5, 5.41) is 0.188. The number of esters is 1. The number of ether oxygens (including phenoxy) is 2. The van der Waals surface area contributed by atoms with Gasteiger partial charge in [0.1, 0.15) is 27.7 Å². The van der Waals surface area contributed by atoms with Gasteiger partial charge < -0.3 is 24.4 Å². The molecule has 3 rings (SSSR count). The van der Waals surface area contributed by atoms with Crippen molar-refractivity contribution in [2.24, 2.45) is 0 Å². The molecular weight excluding hydrogens is 386 g/mol. The van der Waals surface area contributed by atoms with E-state index in [0.717, 1.165) is 5.56 Å². The van der Waals surface area contributed by atoms with Crippen LogP contribution in [0.15, 0.2) is 46.0 Å². The first-order valence-electron chi connectivity index (χ1n) is 9.27. The highest BCUT2D eigenvalue weighted by molar-refractivity contribution is 5.88. The average molecular weight is 409 g/mol. The summed E-state index contributed by atoms with van der Waals surface area (Å²) in [6, 6.07) is 10.2. The van der Waals surface area contributed by atoms with Crippen molar-refractivity contribution < 1.29 is 14.3 Å². The predicted molar refractivity (Wildman–Crippen MR) is 113 cm³/mol. The molecule has 0 saturated heterocycles. The molecule has 0 aliphatic rings. The second-order valence-electron chi connectivity index (χ2n) is 7.63. The molecule has 0 amide bonds. The SMILES string of the molecule is COc1ccc(/C=c2\[nH]c(=O)/c(=C/c3ccc(C(=O)OC(C)(C)C)[nH]3)[nH]c2=O)cc1. The van der Waals surface area contributed by atoms with E-state index < -0.39 is 22.7 Å². The van der Waals surface area contributed by atoms with Crippen molar-refractivity contribution in [3.05, 3.63) is 84.8 Å². The number of carbonyl (C=O) groups is 1. The van der Waals surface area contributed by atoms with Gasteiger partial charge in [0.15, 0.2) is 0 Å². The summed E-state index contributed by atoms with van der Waals surface area (Å²) in [4.78, 5) is 44.9. The monoisotopic (exact) mass is 409 g/mol. The summed E-state index contributed by atoms with van der Waals surface area (Å²) in [6.45, 7) is 5.32. The highest BCUT2D eigenvalue weighted by atomic mass is 16.6. The molecule has 0 bridgehead atoms. The summed E-state index contributed by atoms with van der Waals surface area (Å²) < 4.78 is 10.4. The summed E-state index contributed by atoms with van der Waals surface area (Å²) in [5.41, 5.74) is -0.0771. The molecule has 0 spiro atoms. The first-order valence-corrected chi connectivity index (χ1v) is 9.27. The fraction of sp³-hybridized carbons (Fsp3) is 0.227. The number of H-pyrrole nitrogens is 3. The van der Waals surface area contributed by atoms with Gasteiger partial charge in [-0.3, -0.25) is 9.59 Å². The molecule has 0 aliphatic heterocycles. The minimum atomic E-state index is -0.620. The van der Waals surface area contributed by atoms with E-state index in [4.69, 9.17) is 9.47 Å². The lowest BCUT2D eigenvalue weighted by Crippen LogP contribution is -2.46. The largest absolute Gasteiger partial charge is 0.497 e. The Bertz CT molecular complexity index is 1290. The van der Waals surface area contributed by atoms with Crippen molar-refractivity contribution in [2.45, 2.75) is 26.4 Å². The summed E-state index contributed by atoms with van der Waals surface area (Å²) >= 11 is 0. The molecule has 30 heavy (non-hydrogen) atoms.